The van der Waals surface area contributed by atoms with Gasteiger partial charge in [0.2, 0.25) is 0 Å². The Hall–Kier alpha value is -4.56. The first-order valence-electron chi connectivity index (χ1n) is 12.0. The lowest BCUT2D eigenvalue weighted by Crippen LogP contribution is -2.31. The van der Waals surface area contributed by atoms with Crippen LogP contribution in [0, 0.1) is 13.8 Å². The maximum Gasteiger partial charge on any atom is 0.278 e. The Bertz CT molecular complexity index is 1530. The third kappa shape index (κ3) is 5.40. The number of amides is 3. The zero-order valence-electron chi connectivity index (χ0n) is 20.9. The van der Waals surface area contributed by atoms with Gasteiger partial charge in [0.15, 0.2) is 0 Å². The van der Waals surface area contributed by atoms with E-state index in [1.54, 1.807) is 60.7 Å². The van der Waals surface area contributed by atoms with Crippen molar-refractivity contribution >= 4 is 40.9 Å². The molecule has 1 aliphatic heterocycles. The molecule has 0 saturated carbocycles. The number of benzene rings is 3. The van der Waals surface area contributed by atoms with Gasteiger partial charge < -0.3 is 15.1 Å². The van der Waals surface area contributed by atoms with Gasteiger partial charge in [-0.3, -0.25) is 19.3 Å². The lowest BCUT2D eigenvalue weighted by Gasteiger charge is -2.14. The second-order valence-corrected chi connectivity index (χ2v) is 9.93. The van der Waals surface area contributed by atoms with Crippen LogP contribution in [0.4, 0.5) is 11.4 Å². The Morgan fingerprint density at radius 1 is 0.842 bits per heavy atom. The summed E-state index contributed by atoms with van der Waals surface area (Å²) in [5.74, 6) is -0.510. The highest BCUT2D eigenvalue weighted by Crippen LogP contribution is 2.37. The molecule has 2 heterocycles. The maximum atomic E-state index is 13.4. The van der Waals surface area contributed by atoms with Crippen molar-refractivity contribution in [2.24, 2.45) is 0 Å². The van der Waals surface area contributed by atoms with Crippen LogP contribution in [0.15, 0.2) is 111 Å². The molecule has 4 aromatic rings. The number of nitrogens with zero attached hydrogens (tertiary/aromatic N) is 1. The summed E-state index contributed by atoms with van der Waals surface area (Å²) in [6.45, 7) is 4.05. The largest absolute Gasteiger partial charge is 0.467 e. The van der Waals surface area contributed by atoms with Crippen LogP contribution in [-0.2, 0) is 16.1 Å². The molecule has 0 atom stereocenters. The zero-order chi connectivity index (χ0) is 26.6. The molecule has 38 heavy (non-hydrogen) atoms. The summed E-state index contributed by atoms with van der Waals surface area (Å²) in [6.07, 6.45) is 1.51. The fourth-order valence-corrected chi connectivity index (χ4v) is 4.89. The Labute approximate surface area is 224 Å². The first kappa shape index (κ1) is 25.1. The monoisotopic (exact) mass is 523 g/mol. The van der Waals surface area contributed by atoms with E-state index in [2.05, 4.69) is 10.6 Å². The van der Waals surface area contributed by atoms with Gasteiger partial charge in [-0.1, -0.05) is 36.0 Å². The summed E-state index contributed by atoms with van der Waals surface area (Å²) in [6, 6.07) is 25.3. The van der Waals surface area contributed by atoms with Crippen molar-refractivity contribution in [2.75, 3.05) is 10.6 Å². The number of carbonyl (C=O) groups excluding carboxylic acids is 3. The lowest BCUT2D eigenvalue weighted by atomic mass is 10.1. The predicted molar refractivity (Wildman–Crippen MR) is 148 cm³/mol. The third-order valence-corrected chi connectivity index (χ3v) is 7.25. The van der Waals surface area contributed by atoms with E-state index < -0.39 is 11.8 Å². The molecule has 0 fully saturated rings. The van der Waals surface area contributed by atoms with Crippen LogP contribution in [0.3, 0.4) is 0 Å². The quantitative estimate of drug-likeness (QED) is 0.270. The zero-order valence-corrected chi connectivity index (χ0v) is 21.7. The van der Waals surface area contributed by atoms with Crippen LogP contribution in [0.1, 0.15) is 27.2 Å². The van der Waals surface area contributed by atoms with Gasteiger partial charge in [0.25, 0.3) is 17.7 Å². The number of carbonyl (C=O) groups is 3. The van der Waals surface area contributed by atoms with Crippen molar-refractivity contribution < 1.29 is 18.8 Å². The number of imide groups is 1. The fourth-order valence-electron chi connectivity index (χ4n) is 3.94. The maximum absolute atomic E-state index is 13.4. The van der Waals surface area contributed by atoms with Crippen molar-refractivity contribution in [2.45, 2.75) is 25.3 Å². The minimum Gasteiger partial charge on any atom is -0.467 e. The number of aryl methyl sites for hydroxylation is 2. The SMILES string of the molecule is Cc1ccc(NC2=C(Sc3ccc(NC(=O)c4ccccc4)cc3)C(=O)N(Cc3ccco3)C2=O)cc1C. The molecule has 0 aliphatic carbocycles. The second-order valence-electron chi connectivity index (χ2n) is 8.85. The number of furan rings is 1. The number of rotatable bonds is 8. The van der Waals surface area contributed by atoms with Crippen molar-refractivity contribution in [1.29, 1.82) is 0 Å². The van der Waals surface area contributed by atoms with Crippen LogP contribution in [0.2, 0.25) is 0 Å². The summed E-state index contributed by atoms with van der Waals surface area (Å²) in [7, 11) is 0. The van der Waals surface area contributed by atoms with Gasteiger partial charge >= 0.3 is 0 Å². The standard InChI is InChI=1S/C30H25N3O4S/c1-19-10-11-23(17-20(19)2)31-26-27(30(36)33(29(26)35)18-24-9-6-16-37-24)38-25-14-12-22(13-15-25)32-28(34)21-7-4-3-5-8-21/h3-17,31H,18H2,1-2H3,(H,32,34). The first-order chi connectivity index (χ1) is 18.4. The van der Waals surface area contributed by atoms with Crippen molar-refractivity contribution in [3.63, 3.8) is 0 Å². The Morgan fingerprint density at radius 3 is 2.26 bits per heavy atom. The molecule has 5 rings (SSSR count). The molecule has 8 heteroatoms. The molecule has 2 N–H and O–H groups in total. The Kier molecular flexibility index (Phi) is 7.15. The molecule has 1 aromatic heterocycles. The van der Waals surface area contributed by atoms with Gasteiger partial charge in [-0.15, -0.1) is 0 Å². The summed E-state index contributed by atoms with van der Waals surface area (Å²) in [5, 5.41) is 6.05. The van der Waals surface area contributed by atoms with Gasteiger partial charge in [0.1, 0.15) is 16.4 Å². The fraction of sp³-hybridized carbons (Fsp3) is 0.100. The van der Waals surface area contributed by atoms with Crippen LogP contribution >= 0.6 is 11.8 Å². The van der Waals surface area contributed by atoms with Crippen LogP contribution in [0.5, 0.6) is 0 Å². The Balaban J connectivity index is 1.39. The summed E-state index contributed by atoms with van der Waals surface area (Å²) in [5.41, 5.74) is 4.33. The molecule has 3 aromatic carbocycles. The van der Waals surface area contributed by atoms with Gasteiger partial charge in [0, 0.05) is 21.8 Å². The second kappa shape index (κ2) is 10.8. The highest BCUT2D eigenvalue weighted by atomic mass is 32.2. The van der Waals surface area contributed by atoms with E-state index in [1.807, 2.05) is 38.1 Å². The number of thioether (sulfide) groups is 1. The lowest BCUT2D eigenvalue weighted by molar-refractivity contribution is -0.138. The van der Waals surface area contributed by atoms with Crippen molar-refractivity contribution in [3.8, 4) is 0 Å². The summed E-state index contributed by atoms with van der Waals surface area (Å²) in [4.78, 5) is 41.5. The topological polar surface area (TPSA) is 91.7 Å². The molecular weight excluding hydrogens is 498 g/mol. The van der Waals surface area contributed by atoms with Crippen molar-refractivity contribution in [3.05, 3.63) is 124 Å². The average Bonchev–Trinajstić information content (AvgIpc) is 3.52. The molecule has 3 amide bonds. The summed E-state index contributed by atoms with van der Waals surface area (Å²) >= 11 is 1.20. The van der Waals surface area contributed by atoms with E-state index in [0.29, 0.717) is 21.9 Å². The smallest absolute Gasteiger partial charge is 0.278 e. The average molecular weight is 524 g/mol. The highest BCUT2D eigenvalue weighted by Gasteiger charge is 2.39. The van der Waals surface area contributed by atoms with Gasteiger partial charge in [0.05, 0.1) is 12.8 Å². The van der Waals surface area contributed by atoms with E-state index in [9.17, 15) is 14.4 Å². The highest BCUT2D eigenvalue weighted by molar-refractivity contribution is 8.04. The Morgan fingerprint density at radius 2 is 1.58 bits per heavy atom. The van der Waals surface area contributed by atoms with E-state index in [0.717, 1.165) is 21.7 Å². The summed E-state index contributed by atoms with van der Waals surface area (Å²) < 4.78 is 5.38. The van der Waals surface area contributed by atoms with E-state index in [1.165, 1.54) is 22.9 Å². The molecule has 190 valence electrons. The van der Waals surface area contributed by atoms with E-state index in [4.69, 9.17) is 4.42 Å². The number of anilines is 2. The minimum absolute atomic E-state index is 0.0390. The van der Waals surface area contributed by atoms with Gasteiger partial charge in [-0.25, -0.2) is 0 Å². The predicted octanol–water partition coefficient (Wildman–Crippen LogP) is 6.13. The van der Waals surface area contributed by atoms with Gasteiger partial charge in [-0.05, 0) is 85.6 Å². The molecule has 0 saturated heterocycles. The van der Waals surface area contributed by atoms with Crippen LogP contribution < -0.4 is 10.6 Å². The first-order valence-corrected chi connectivity index (χ1v) is 12.8. The number of nitrogens with one attached hydrogen (secondary N) is 2. The van der Waals surface area contributed by atoms with E-state index >= 15 is 0 Å². The number of hydrogen-bond donors (Lipinski definition) is 2. The minimum atomic E-state index is -0.418. The molecular formula is C30H25N3O4S. The molecule has 1 aliphatic rings. The normalized spacial score (nSPS) is 13.3. The van der Waals surface area contributed by atoms with E-state index in [-0.39, 0.29) is 18.1 Å². The molecule has 0 unspecified atom stereocenters. The molecule has 0 spiro atoms. The molecule has 7 nitrogen and oxygen atoms in total. The third-order valence-electron chi connectivity index (χ3n) is 6.16. The van der Waals surface area contributed by atoms with Crippen molar-refractivity contribution in [1.82, 2.24) is 4.90 Å². The van der Waals surface area contributed by atoms with Crippen LogP contribution in [-0.4, -0.2) is 22.6 Å². The van der Waals surface area contributed by atoms with Gasteiger partial charge in [-0.2, -0.15) is 0 Å². The number of hydrogen-bond acceptors (Lipinski definition) is 6. The molecule has 0 radical (unpaired) electrons. The van der Waals surface area contributed by atoms with Crippen LogP contribution in [0.25, 0.3) is 0 Å². The molecule has 0 bridgehead atoms.